The minimum Gasteiger partial charge on any atom is -0.390 e. The summed E-state index contributed by atoms with van der Waals surface area (Å²) in [5.41, 5.74) is -0.422. The molecule has 11 heavy (non-hydrogen) atoms. The van der Waals surface area contributed by atoms with E-state index in [1.165, 1.54) is 0 Å². The van der Waals surface area contributed by atoms with Gasteiger partial charge in [-0.1, -0.05) is 6.92 Å². The third kappa shape index (κ3) is 2.64. The maximum atomic E-state index is 9.90. The minimum absolute atomic E-state index is 0.422. The van der Waals surface area contributed by atoms with E-state index in [2.05, 4.69) is 6.92 Å². The van der Waals surface area contributed by atoms with Crippen LogP contribution < -0.4 is 0 Å². The Hall–Kier alpha value is 0.250. The molecule has 1 fully saturated rings. The average molecular weight is 177 g/mol. The normalized spacial score (nSPS) is 39.0. The van der Waals surface area contributed by atoms with Crippen molar-refractivity contribution >= 4 is 11.6 Å². The molecule has 0 bridgehead atoms. The number of hydrogen-bond donors (Lipinski definition) is 1. The van der Waals surface area contributed by atoms with Crippen LogP contribution in [0.5, 0.6) is 0 Å². The molecule has 0 aliphatic heterocycles. The Balaban J connectivity index is 2.35. The van der Waals surface area contributed by atoms with Crippen LogP contribution in [-0.4, -0.2) is 16.6 Å². The quantitative estimate of drug-likeness (QED) is 0.642. The maximum absolute atomic E-state index is 9.90. The Labute approximate surface area is 73.8 Å². The zero-order valence-corrected chi connectivity index (χ0v) is 7.90. The van der Waals surface area contributed by atoms with Crippen molar-refractivity contribution in [3.8, 4) is 0 Å². The van der Waals surface area contributed by atoms with Crippen molar-refractivity contribution in [2.75, 3.05) is 5.88 Å². The highest BCUT2D eigenvalue weighted by Crippen LogP contribution is 2.34. The molecule has 2 heteroatoms. The fourth-order valence-corrected chi connectivity index (χ4v) is 2.08. The van der Waals surface area contributed by atoms with Gasteiger partial charge in [-0.05, 0) is 38.0 Å². The fraction of sp³-hybridized carbons (Fsp3) is 1.00. The summed E-state index contributed by atoms with van der Waals surface area (Å²) in [5.74, 6) is 1.39. The molecule has 1 N–H and O–H groups in total. The van der Waals surface area contributed by atoms with Gasteiger partial charge in [-0.15, -0.1) is 11.6 Å². The Kier molecular flexibility index (Phi) is 3.20. The molecule has 1 aliphatic rings. The lowest BCUT2D eigenvalue weighted by molar-refractivity contribution is -0.00952. The molecule has 0 aromatic heterocycles. The molecule has 1 saturated carbocycles. The molecule has 0 aromatic rings. The lowest BCUT2D eigenvalue weighted by Gasteiger charge is -2.34. The van der Waals surface area contributed by atoms with Crippen molar-refractivity contribution in [1.82, 2.24) is 0 Å². The van der Waals surface area contributed by atoms with Gasteiger partial charge in [-0.25, -0.2) is 0 Å². The Bertz CT molecular complexity index is 117. The van der Waals surface area contributed by atoms with Crippen LogP contribution in [0.2, 0.25) is 0 Å². The zero-order chi connectivity index (χ0) is 8.32. The molecule has 1 aliphatic carbocycles. The Morgan fingerprint density at radius 1 is 1.45 bits per heavy atom. The lowest BCUT2D eigenvalue weighted by atomic mass is 9.78. The van der Waals surface area contributed by atoms with E-state index in [9.17, 15) is 5.11 Å². The van der Waals surface area contributed by atoms with Crippen LogP contribution in [-0.2, 0) is 0 Å². The summed E-state index contributed by atoms with van der Waals surface area (Å²) in [5, 5.41) is 9.90. The number of hydrogen-bond acceptors (Lipinski definition) is 1. The average Bonchev–Trinajstić information content (AvgIpc) is 1.97. The van der Waals surface area contributed by atoms with Crippen molar-refractivity contribution in [3.63, 3.8) is 0 Å². The van der Waals surface area contributed by atoms with Gasteiger partial charge in [0.15, 0.2) is 0 Å². The van der Waals surface area contributed by atoms with Gasteiger partial charge in [-0.2, -0.15) is 0 Å². The van der Waals surface area contributed by atoms with Gasteiger partial charge in [0.2, 0.25) is 0 Å². The van der Waals surface area contributed by atoms with Gasteiger partial charge < -0.3 is 5.11 Å². The number of rotatable bonds is 2. The molecule has 0 radical (unpaired) electrons. The van der Waals surface area contributed by atoms with Gasteiger partial charge >= 0.3 is 0 Å². The molecule has 1 rings (SSSR count). The highest BCUT2D eigenvalue weighted by Gasteiger charge is 2.30. The van der Waals surface area contributed by atoms with Crippen molar-refractivity contribution in [2.24, 2.45) is 5.92 Å². The van der Waals surface area contributed by atoms with Gasteiger partial charge in [0.25, 0.3) is 0 Å². The van der Waals surface area contributed by atoms with Crippen molar-refractivity contribution in [2.45, 2.75) is 44.6 Å². The summed E-state index contributed by atoms with van der Waals surface area (Å²) >= 11 is 5.60. The van der Waals surface area contributed by atoms with E-state index in [1.807, 2.05) is 0 Å². The number of aliphatic hydroxyl groups is 1. The number of alkyl halides is 1. The molecule has 1 nitrogen and oxygen atoms in total. The second-order valence-corrected chi connectivity index (χ2v) is 4.22. The van der Waals surface area contributed by atoms with Crippen molar-refractivity contribution in [1.29, 1.82) is 0 Å². The van der Waals surface area contributed by atoms with E-state index >= 15 is 0 Å². The van der Waals surface area contributed by atoms with E-state index in [0.717, 1.165) is 38.0 Å². The van der Waals surface area contributed by atoms with Crippen LogP contribution in [0.3, 0.4) is 0 Å². The van der Waals surface area contributed by atoms with Crippen molar-refractivity contribution in [3.05, 3.63) is 0 Å². The molecule has 66 valence electrons. The van der Waals surface area contributed by atoms with Gasteiger partial charge in [-0.3, -0.25) is 0 Å². The van der Waals surface area contributed by atoms with Crippen LogP contribution in [0.25, 0.3) is 0 Å². The predicted octanol–water partition coefficient (Wildman–Crippen LogP) is 2.56. The van der Waals surface area contributed by atoms with Crippen LogP contribution in [0.15, 0.2) is 0 Å². The van der Waals surface area contributed by atoms with Crippen LogP contribution in [0, 0.1) is 5.92 Å². The molecular weight excluding hydrogens is 160 g/mol. The minimum atomic E-state index is -0.422. The molecule has 0 heterocycles. The predicted molar refractivity (Wildman–Crippen MR) is 47.9 cm³/mol. The van der Waals surface area contributed by atoms with Crippen molar-refractivity contribution < 1.29 is 5.11 Å². The summed E-state index contributed by atoms with van der Waals surface area (Å²) < 4.78 is 0. The van der Waals surface area contributed by atoms with E-state index in [1.54, 1.807) is 0 Å². The van der Waals surface area contributed by atoms with Crippen LogP contribution >= 0.6 is 11.6 Å². The first-order valence-electron chi connectivity index (χ1n) is 4.45. The lowest BCUT2D eigenvalue weighted by Crippen LogP contribution is -2.33. The SMILES string of the molecule is CC1CCC(O)(CCCl)CC1. The van der Waals surface area contributed by atoms with Crippen LogP contribution in [0.4, 0.5) is 0 Å². The maximum Gasteiger partial charge on any atom is 0.0659 e. The number of halogens is 1. The molecule has 0 amide bonds. The first-order chi connectivity index (χ1) is 5.16. The van der Waals surface area contributed by atoms with Crippen LogP contribution in [0.1, 0.15) is 39.0 Å². The monoisotopic (exact) mass is 176 g/mol. The summed E-state index contributed by atoms with van der Waals surface area (Å²) in [6, 6.07) is 0. The van der Waals surface area contributed by atoms with Gasteiger partial charge in [0.1, 0.15) is 0 Å². The van der Waals surface area contributed by atoms with E-state index < -0.39 is 5.60 Å². The first kappa shape index (κ1) is 9.34. The zero-order valence-electron chi connectivity index (χ0n) is 7.15. The molecule has 0 aromatic carbocycles. The van der Waals surface area contributed by atoms with E-state index in [-0.39, 0.29) is 0 Å². The smallest absolute Gasteiger partial charge is 0.0659 e. The largest absolute Gasteiger partial charge is 0.390 e. The molecule has 0 spiro atoms. The second-order valence-electron chi connectivity index (χ2n) is 3.85. The highest BCUT2D eigenvalue weighted by atomic mass is 35.5. The van der Waals surface area contributed by atoms with Gasteiger partial charge in [0.05, 0.1) is 5.60 Å². The third-order valence-corrected chi connectivity index (χ3v) is 2.95. The topological polar surface area (TPSA) is 20.2 Å². The third-order valence-electron chi connectivity index (χ3n) is 2.76. The molecule has 0 atom stereocenters. The highest BCUT2D eigenvalue weighted by molar-refractivity contribution is 6.17. The molecular formula is C9H17ClO. The second kappa shape index (κ2) is 3.77. The summed E-state index contributed by atoms with van der Waals surface area (Å²) in [6.07, 6.45) is 4.98. The van der Waals surface area contributed by atoms with Gasteiger partial charge in [0, 0.05) is 5.88 Å². The fourth-order valence-electron chi connectivity index (χ4n) is 1.73. The standard InChI is InChI=1S/C9H17ClO/c1-8-2-4-9(11,5-3-8)6-7-10/h8,11H,2-7H2,1H3. The Morgan fingerprint density at radius 2 is 2.00 bits per heavy atom. The Morgan fingerprint density at radius 3 is 2.45 bits per heavy atom. The summed E-state index contributed by atoms with van der Waals surface area (Å²) in [4.78, 5) is 0. The molecule has 0 unspecified atom stereocenters. The summed E-state index contributed by atoms with van der Waals surface area (Å²) in [6.45, 7) is 2.25. The molecule has 0 saturated heterocycles. The van der Waals surface area contributed by atoms with E-state index in [4.69, 9.17) is 11.6 Å². The summed E-state index contributed by atoms with van der Waals surface area (Å²) in [7, 11) is 0. The first-order valence-corrected chi connectivity index (χ1v) is 4.98. The van der Waals surface area contributed by atoms with E-state index in [0.29, 0.717) is 5.88 Å².